The molecule has 0 atom stereocenters. The number of carbonyl (C=O) groups is 3. The average Bonchev–Trinajstić information content (AvgIpc) is 3.08. The molecule has 0 aliphatic carbocycles. The Morgan fingerprint density at radius 1 is 1.08 bits per heavy atom. The van der Waals surface area contributed by atoms with Crippen molar-refractivity contribution in [2.24, 2.45) is 0 Å². The van der Waals surface area contributed by atoms with Gasteiger partial charge in [-0.15, -0.1) is 0 Å². The summed E-state index contributed by atoms with van der Waals surface area (Å²) >= 11 is 0. The number of benzene rings is 1. The zero-order chi connectivity index (χ0) is 17.4. The van der Waals surface area contributed by atoms with E-state index in [1.165, 1.54) is 6.26 Å². The molecule has 1 saturated heterocycles. The van der Waals surface area contributed by atoms with Crippen LogP contribution in [0.15, 0.2) is 34.9 Å². The van der Waals surface area contributed by atoms with Gasteiger partial charge in [0, 0.05) is 11.6 Å². The van der Waals surface area contributed by atoms with Crippen molar-refractivity contribution in [3.8, 4) is 11.5 Å². The lowest BCUT2D eigenvalue weighted by atomic mass is 10.1. The molecule has 0 unspecified atom stereocenters. The number of aromatic nitrogens is 1. The Morgan fingerprint density at radius 2 is 1.75 bits per heavy atom. The molecule has 1 aromatic heterocycles. The highest BCUT2D eigenvalue weighted by Gasteiger charge is 2.45. The fraction of sp³-hybridized carbons (Fsp3) is 0.294. The summed E-state index contributed by atoms with van der Waals surface area (Å²) in [4.78, 5) is 42.3. The van der Waals surface area contributed by atoms with Gasteiger partial charge in [0.05, 0.1) is 12.2 Å². The minimum Gasteiger partial charge on any atom is -0.444 e. The highest BCUT2D eigenvalue weighted by Crippen LogP contribution is 2.22. The van der Waals surface area contributed by atoms with Gasteiger partial charge in [0.15, 0.2) is 0 Å². The lowest BCUT2D eigenvalue weighted by Gasteiger charge is -2.17. The predicted molar refractivity (Wildman–Crippen MR) is 84.6 cm³/mol. The number of aryl methyl sites for hydroxylation is 1. The zero-order valence-corrected chi connectivity index (χ0v) is 13.6. The molecule has 1 aliphatic rings. The summed E-state index contributed by atoms with van der Waals surface area (Å²) in [5.41, 5.74) is 2.32. The zero-order valence-electron chi connectivity index (χ0n) is 13.6. The molecule has 0 bridgehead atoms. The van der Waals surface area contributed by atoms with Crippen LogP contribution in [-0.2, 0) is 16.1 Å². The number of oxazole rings is 1. The van der Waals surface area contributed by atoms with Crippen LogP contribution in [0.2, 0.25) is 0 Å². The molecule has 124 valence electrons. The van der Waals surface area contributed by atoms with Crippen molar-refractivity contribution in [3.63, 3.8) is 0 Å². The first-order valence-electron chi connectivity index (χ1n) is 7.59. The number of nitrogens with zero attached hydrogens (tertiary/aromatic N) is 3. The van der Waals surface area contributed by atoms with Crippen molar-refractivity contribution in [3.05, 3.63) is 41.8 Å². The van der Waals surface area contributed by atoms with Gasteiger partial charge < -0.3 is 4.42 Å². The van der Waals surface area contributed by atoms with Gasteiger partial charge >= 0.3 is 17.8 Å². The maximum absolute atomic E-state index is 12.2. The maximum Gasteiger partial charge on any atom is 0.334 e. The first kappa shape index (κ1) is 15.9. The van der Waals surface area contributed by atoms with E-state index in [1.807, 2.05) is 31.2 Å². The third kappa shape index (κ3) is 2.68. The van der Waals surface area contributed by atoms with Gasteiger partial charge in [0.1, 0.15) is 6.26 Å². The van der Waals surface area contributed by atoms with Crippen LogP contribution < -0.4 is 0 Å². The molecule has 7 heteroatoms. The van der Waals surface area contributed by atoms with Gasteiger partial charge in [-0.05, 0) is 32.9 Å². The Balaban J connectivity index is 1.80. The lowest BCUT2D eigenvalue weighted by molar-refractivity contribution is -0.144. The third-order valence-corrected chi connectivity index (χ3v) is 3.77. The highest BCUT2D eigenvalue weighted by molar-refractivity contribution is 6.44. The number of hydrogen-bond donors (Lipinski definition) is 0. The average molecular weight is 327 g/mol. The first-order valence-corrected chi connectivity index (χ1v) is 7.59. The fourth-order valence-electron chi connectivity index (χ4n) is 2.49. The molecule has 0 saturated carbocycles. The van der Waals surface area contributed by atoms with E-state index in [1.54, 1.807) is 13.8 Å². The highest BCUT2D eigenvalue weighted by atomic mass is 16.3. The standard InChI is InChI=1S/C17H17N3O4/c1-10(2)20-16(22)15(21)19(17(20)23)8-13-9-24-14(18-13)12-6-4-11(3)5-7-12/h4-7,9-10H,8H2,1-3H3. The van der Waals surface area contributed by atoms with Gasteiger partial charge in [0.25, 0.3) is 0 Å². The van der Waals surface area contributed by atoms with E-state index < -0.39 is 17.8 Å². The van der Waals surface area contributed by atoms with Crippen molar-refractivity contribution in [2.75, 3.05) is 0 Å². The largest absolute Gasteiger partial charge is 0.444 e. The van der Waals surface area contributed by atoms with Crippen molar-refractivity contribution < 1.29 is 18.8 Å². The number of carbonyl (C=O) groups excluding carboxylic acids is 3. The van der Waals surface area contributed by atoms with Crippen LogP contribution in [0.25, 0.3) is 11.5 Å². The molecule has 4 amide bonds. The second kappa shape index (κ2) is 5.92. The van der Waals surface area contributed by atoms with E-state index in [0.29, 0.717) is 11.6 Å². The summed E-state index contributed by atoms with van der Waals surface area (Å²) in [7, 11) is 0. The smallest absolute Gasteiger partial charge is 0.334 e. The molecule has 1 fully saturated rings. The van der Waals surface area contributed by atoms with Gasteiger partial charge in [-0.3, -0.25) is 14.5 Å². The Bertz CT molecular complexity index is 807. The number of rotatable bonds is 4. The SMILES string of the molecule is Cc1ccc(-c2nc(CN3C(=O)C(=O)N(C(C)C)C3=O)co2)cc1. The quantitative estimate of drug-likeness (QED) is 0.636. The van der Waals surface area contributed by atoms with Gasteiger partial charge in [0.2, 0.25) is 5.89 Å². The molecule has 0 spiro atoms. The van der Waals surface area contributed by atoms with Gasteiger partial charge in [-0.2, -0.15) is 0 Å². The lowest BCUT2D eigenvalue weighted by Crippen LogP contribution is -2.37. The van der Waals surface area contributed by atoms with Crippen molar-refractivity contribution in [1.29, 1.82) is 0 Å². The van der Waals surface area contributed by atoms with E-state index in [2.05, 4.69) is 4.98 Å². The van der Waals surface area contributed by atoms with Crippen LogP contribution in [0.4, 0.5) is 4.79 Å². The third-order valence-electron chi connectivity index (χ3n) is 3.77. The van der Waals surface area contributed by atoms with Crippen LogP contribution >= 0.6 is 0 Å². The van der Waals surface area contributed by atoms with Crippen molar-refractivity contribution in [2.45, 2.75) is 33.4 Å². The van der Waals surface area contributed by atoms with Crippen molar-refractivity contribution in [1.82, 2.24) is 14.8 Å². The second-order valence-electron chi connectivity index (χ2n) is 5.95. The summed E-state index contributed by atoms with van der Waals surface area (Å²) < 4.78 is 5.41. The summed E-state index contributed by atoms with van der Waals surface area (Å²) in [6, 6.07) is 6.62. The molecule has 2 heterocycles. The second-order valence-corrected chi connectivity index (χ2v) is 5.95. The normalized spacial score (nSPS) is 15.1. The van der Waals surface area contributed by atoms with Crippen LogP contribution in [0, 0.1) is 6.92 Å². The molecule has 1 aromatic carbocycles. The van der Waals surface area contributed by atoms with E-state index >= 15 is 0 Å². The molecule has 24 heavy (non-hydrogen) atoms. The minimum absolute atomic E-state index is 0.0952. The Hall–Kier alpha value is -2.96. The molecular formula is C17H17N3O4. The number of hydrogen-bond acceptors (Lipinski definition) is 5. The molecule has 1 aliphatic heterocycles. The minimum atomic E-state index is -0.839. The summed E-state index contributed by atoms with van der Waals surface area (Å²) in [5, 5.41) is 0. The number of urea groups is 1. The Labute approximate surface area is 138 Å². The molecule has 0 N–H and O–H groups in total. The topological polar surface area (TPSA) is 83.7 Å². The number of imide groups is 2. The Kier molecular flexibility index (Phi) is 3.92. The maximum atomic E-state index is 12.2. The monoisotopic (exact) mass is 327 g/mol. The van der Waals surface area contributed by atoms with Crippen LogP contribution in [-0.4, -0.2) is 38.7 Å². The molecule has 0 radical (unpaired) electrons. The predicted octanol–water partition coefficient (Wildman–Crippen LogP) is 2.35. The molecule has 3 rings (SSSR count). The van der Waals surface area contributed by atoms with E-state index in [0.717, 1.165) is 20.9 Å². The van der Waals surface area contributed by atoms with Crippen LogP contribution in [0.5, 0.6) is 0 Å². The molecule has 2 aromatic rings. The number of amides is 4. The van der Waals surface area contributed by atoms with E-state index in [-0.39, 0.29) is 12.6 Å². The first-order chi connectivity index (χ1) is 11.4. The van der Waals surface area contributed by atoms with Crippen molar-refractivity contribution >= 4 is 17.8 Å². The van der Waals surface area contributed by atoms with Gasteiger partial charge in [-0.25, -0.2) is 14.7 Å². The summed E-state index contributed by atoms with van der Waals surface area (Å²) in [6.07, 6.45) is 1.39. The summed E-state index contributed by atoms with van der Waals surface area (Å²) in [5.74, 6) is -1.25. The van der Waals surface area contributed by atoms with Crippen LogP contribution in [0.1, 0.15) is 25.1 Å². The fourth-order valence-corrected chi connectivity index (χ4v) is 2.49. The Morgan fingerprint density at radius 3 is 2.33 bits per heavy atom. The van der Waals surface area contributed by atoms with Gasteiger partial charge in [-0.1, -0.05) is 17.7 Å². The van der Waals surface area contributed by atoms with E-state index in [9.17, 15) is 14.4 Å². The molecular weight excluding hydrogens is 310 g/mol. The molecule has 7 nitrogen and oxygen atoms in total. The van der Waals surface area contributed by atoms with E-state index in [4.69, 9.17) is 4.42 Å². The summed E-state index contributed by atoms with van der Waals surface area (Å²) in [6.45, 7) is 5.24. The van der Waals surface area contributed by atoms with Crippen LogP contribution in [0.3, 0.4) is 0 Å².